The van der Waals surface area contributed by atoms with E-state index in [4.69, 9.17) is 11.6 Å². The van der Waals surface area contributed by atoms with E-state index in [-0.39, 0.29) is 16.6 Å². The summed E-state index contributed by atoms with van der Waals surface area (Å²) in [4.78, 5) is 28.9. The van der Waals surface area contributed by atoms with E-state index in [0.717, 1.165) is 18.2 Å². The summed E-state index contributed by atoms with van der Waals surface area (Å²) in [5.74, 6) is -1.08. The van der Waals surface area contributed by atoms with Gasteiger partial charge in [-0.1, -0.05) is 11.6 Å². The molecular formula is C17H21ClF3N3O2. The largest absolute Gasteiger partial charge is 0.416 e. The van der Waals surface area contributed by atoms with Crippen molar-refractivity contribution in [2.24, 2.45) is 5.41 Å². The minimum absolute atomic E-state index is 0.0332. The number of carbonyl (C=O) groups is 2. The summed E-state index contributed by atoms with van der Waals surface area (Å²) in [7, 11) is 1.94. The van der Waals surface area contributed by atoms with E-state index in [0.29, 0.717) is 26.2 Å². The number of carbonyl (C=O) groups excluding carboxylic acids is 2. The second kappa shape index (κ2) is 7.44. The van der Waals surface area contributed by atoms with Crippen molar-refractivity contribution in [3.63, 3.8) is 0 Å². The van der Waals surface area contributed by atoms with Crippen LogP contribution in [0.25, 0.3) is 0 Å². The lowest BCUT2D eigenvalue weighted by atomic mass is 9.89. The van der Waals surface area contributed by atoms with E-state index in [1.54, 1.807) is 4.90 Å². The number of likely N-dealkylation sites (N-methyl/N-ethyl adjacent to an activating group) is 1. The van der Waals surface area contributed by atoms with Gasteiger partial charge < -0.3 is 15.1 Å². The molecule has 0 radical (unpaired) electrons. The van der Waals surface area contributed by atoms with Gasteiger partial charge in [0.1, 0.15) is 5.41 Å². The fourth-order valence-electron chi connectivity index (χ4n) is 2.58. The van der Waals surface area contributed by atoms with Crippen LogP contribution in [0.1, 0.15) is 19.4 Å². The third-order valence-corrected chi connectivity index (χ3v) is 4.76. The summed E-state index contributed by atoms with van der Waals surface area (Å²) in [6.07, 6.45) is -4.56. The van der Waals surface area contributed by atoms with Crippen molar-refractivity contribution in [2.75, 3.05) is 38.5 Å². The number of piperazine rings is 1. The molecule has 0 spiro atoms. The molecule has 5 nitrogen and oxygen atoms in total. The maximum absolute atomic E-state index is 12.9. The predicted molar refractivity (Wildman–Crippen MR) is 92.9 cm³/mol. The van der Waals surface area contributed by atoms with Gasteiger partial charge in [-0.15, -0.1) is 0 Å². The molecule has 1 heterocycles. The predicted octanol–water partition coefficient (Wildman–Crippen LogP) is 3.10. The summed E-state index contributed by atoms with van der Waals surface area (Å²) in [5, 5.41) is 2.33. The lowest BCUT2D eigenvalue weighted by Crippen LogP contribution is -2.53. The smallest absolute Gasteiger partial charge is 0.339 e. The number of amides is 2. The molecule has 1 aromatic carbocycles. The summed E-state index contributed by atoms with van der Waals surface area (Å²) in [6.45, 7) is 5.29. The van der Waals surface area contributed by atoms with Crippen LogP contribution >= 0.6 is 11.6 Å². The molecule has 1 aromatic rings. The summed E-state index contributed by atoms with van der Waals surface area (Å²) < 4.78 is 38.6. The molecule has 0 atom stereocenters. The van der Waals surface area contributed by atoms with Crippen LogP contribution < -0.4 is 5.32 Å². The van der Waals surface area contributed by atoms with Crippen molar-refractivity contribution in [3.8, 4) is 0 Å². The molecule has 26 heavy (non-hydrogen) atoms. The average Bonchev–Trinajstić information content (AvgIpc) is 2.55. The zero-order valence-electron chi connectivity index (χ0n) is 14.8. The molecule has 0 aromatic heterocycles. The number of nitrogens with zero attached hydrogens (tertiary/aromatic N) is 2. The van der Waals surface area contributed by atoms with Crippen LogP contribution in [0.3, 0.4) is 0 Å². The molecule has 0 bridgehead atoms. The normalized spacial score (nSPS) is 16.5. The Morgan fingerprint density at radius 3 is 2.23 bits per heavy atom. The first kappa shape index (κ1) is 20.5. The topological polar surface area (TPSA) is 52.7 Å². The molecule has 2 rings (SSSR count). The van der Waals surface area contributed by atoms with Crippen LogP contribution in [0.2, 0.25) is 5.02 Å². The Morgan fingerprint density at radius 1 is 1.12 bits per heavy atom. The molecule has 1 aliphatic heterocycles. The molecule has 9 heteroatoms. The van der Waals surface area contributed by atoms with E-state index >= 15 is 0 Å². The van der Waals surface area contributed by atoms with Crippen LogP contribution in [-0.4, -0.2) is 54.8 Å². The number of benzene rings is 1. The molecule has 0 aliphatic carbocycles. The maximum atomic E-state index is 12.9. The number of hydrogen-bond acceptors (Lipinski definition) is 3. The Balaban J connectivity index is 2.16. The van der Waals surface area contributed by atoms with Crippen molar-refractivity contribution < 1.29 is 22.8 Å². The molecule has 1 saturated heterocycles. The van der Waals surface area contributed by atoms with E-state index in [2.05, 4.69) is 10.2 Å². The fourth-order valence-corrected chi connectivity index (χ4v) is 2.74. The van der Waals surface area contributed by atoms with Gasteiger partial charge in [0.25, 0.3) is 0 Å². The van der Waals surface area contributed by atoms with Crippen LogP contribution in [-0.2, 0) is 15.8 Å². The molecule has 1 aliphatic rings. The van der Waals surface area contributed by atoms with Crippen molar-refractivity contribution in [1.29, 1.82) is 0 Å². The Bertz CT molecular complexity index is 699. The van der Waals surface area contributed by atoms with Gasteiger partial charge in [0, 0.05) is 26.2 Å². The van der Waals surface area contributed by atoms with Crippen LogP contribution in [0.5, 0.6) is 0 Å². The fraction of sp³-hybridized carbons (Fsp3) is 0.529. The minimum atomic E-state index is -4.56. The number of hydrogen-bond donors (Lipinski definition) is 1. The first-order chi connectivity index (χ1) is 11.9. The third kappa shape index (κ3) is 4.48. The Kier molecular flexibility index (Phi) is 5.87. The number of anilines is 1. The van der Waals surface area contributed by atoms with Crippen LogP contribution in [0, 0.1) is 5.41 Å². The Hall–Kier alpha value is -1.80. The van der Waals surface area contributed by atoms with E-state index in [1.165, 1.54) is 13.8 Å². The summed E-state index contributed by atoms with van der Waals surface area (Å²) >= 11 is 5.90. The standard InChI is InChI=1S/C17H21ClF3N3O2/c1-16(2,15(26)24-8-6-23(3)7-9-24)14(25)22-13-10-11(17(19,20)21)4-5-12(13)18/h4-5,10H,6-9H2,1-3H3,(H,22,25). The monoisotopic (exact) mass is 391 g/mol. The molecule has 1 N–H and O–H groups in total. The van der Waals surface area contributed by atoms with Gasteiger partial charge in [0.05, 0.1) is 16.3 Å². The van der Waals surface area contributed by atoms with Crippen molar-refractivity contribution in [2.45, 2.75) is 20.0 Å². The van der Waals surface area contributed by atoms with Crippen LogP contribution in [0.15, 0.2) is 18.2 Å². The van der Waals surface area contributed by atoms with Crippen LogP contribution in [0.4, 0.5) is 18.9 Å². The highest BCUT2D eigenvalue weighted by Gasteiger charge is 2.40. The molecule has 0 unspecified atom stereocenters. The third-order valence-electron chi connectivity index (χ3n) is 4.43. The van der Waals surface area contributed by atoms with Gasteiger partial charge in [-0.05, 0) is 39.1 Å². The zero-order valence-corrected chi connectivity index (χ0v) is 15.5. The summed E-state index contributed by atoms with van der Waals surface area (Å²) in [6, 6.07) is 2.66. The molecule has 144 valence electrons. The van der Waals surface area contributed by atoms with Crippen molar-refractivity contribution in [3.05, 3.63) is 28.8 Å². The highest BCUT2D eigenvalue weighted by atomic mass is 35.5. The van der Waals surface area contributed by atoms with Gasteiger partial charge in [0.2, 0.25) is 11.8 Å². The van der Waals surface area contributed by atoms with E-state index in [1.807, 2.05) is 7.05 Å². The molecule has 2 amide bonds. The molecular weight excluding hydrogens is 371 g/mol. The number of alkyl halides is 3. The Morgan fingerprint density at radius 2 is 1.69 bits per heavy atom. The first-order valence-electron chi connectivity index (χ1n) is 8.09. The van der Waals surface area contributed by atoms with Gasteiger partial charge >= 0.3 is 6.18 Å². The van der Waals surface area contributed by atoms with Crippen molar-refractivity contribution in [1.82, 2.24) is 9.80 Å². The first-order valence-corrected chi connectivity index (χ1v) is 8.47. The van der Waals surface area contributed by atoms with Gasteiger partial charge in [-0.2, -0.15) is 13.2 Å². The lowest BCUT2D eigenvalue weighted by molar-refractivity contribution is -0.147. The second-order valence-electron chi connectivity index (χ2n) is 6.87. The summed E-state index contributed by atoms with van der Waals surface area (Å²) in [5.41, 5.74) is -2.54. The highest BCUT2D eigenvalue weighted by molar-refractivity contribution is 6.34. The maximum Gasteiger partial charge on any atom is 0.416 e. The SMILES string of the molecule is CN1CCN(C(=O)C(C)(C)C(=O)Nc2cc(C(F)(F)F)ccc2Cl)CC1. The van der Waals surface area contributed by atoms with Gasteiger partial charge in [-0.3, -0.25) is 9.59 Å². The average molecular weight is 392 g/mol. The second-order valence-corrected chi connectivity index (χ2v) is 7.27. The van der Waals surface area contributed by atoms with Gasteiger partial charge in [0.15, 0.2) is 0 Å². The quantitative estimate of drug-likeness (QED) is 0.805. The number of halogens is 4. The number of nitrogens with one attached hydrogen (secondary N) is 1. The minimum Gasteiger partial charge on any atom is -0.339 e. The van der Waals surface area contributed by atoms with Crippen molar-refractivity contribution >= 4 is 29.1 Å². The number of rotatable bonds is 3. The van der Waals surface area contributed by atoms with E-state index < -0.39 is 23.1 Å². The van der Waals surface area contributed by atoms with E-state index in [9.17, 15) is 22.8 Å². The molecule has 0 saturated carbocycles. The Labute approximate surface area is 155 Å². The highest BCUT2D eigenvalue weighted by Crippen LogP contribution is 2.34. The molecule has 1 fully saturated rings. The zero-order chi connectivity index (χ0) is 19.7. The lowest BCUT2D eigenvalue weighted by Gasteiger charge is -2.36. The van der Waals surface area contributed by atoms with Gasteiger partial charge in [-0.25, -0.2) is 0 Å².